The highest BCUT2D eigenvalue weighted by atomic mass is 35.5. The van der Waals surface area contributed by atoms with Gasteiger partial charge >= 0.3 is 15.6 Å². The van der Waals surface area contributed by atoms with Crippen LogP contribution in [-0.4, -0.2) is 43.7 Å². The van der Waals surface area contributed by atoms with Crippen LogP contribution in [0.1, 0.15) is 17.5 Å². The maximum atomic E-state index is 13.0. The summed E-state index contributed by atoms with van der Waals surface area (Å²) in [6.07, 6.45) is 0.741. The monoisotopic (exact) mass is 548 g/mol. The van der Waals surface area contributed by atoms with Crippen molar-refractivity contribution in [3.8, 4) is 16.9 Å². The fourth-order valence-electron chi connectivity index (χ4n) is 4.51. The van der Waals surface area contributed by atoms with Gasteiger partial charge in [-0.2, -0.15) is 21.6 Å². The smallest absolute Gasteiger partial charge is 0.376 e. The van der Waals surface area contributed by atoms with E-state index in [2.05, 4.69) is 4.18 Å². The lowest BCUT2D eigenvalue weighted by Crippen LogP contribution is -2.46. The van der Waals surface area contributed by atoms with E-state index < -0.39 is 26.9 Å². The van der Waals surface area contributed by atoms with Gasteiger partial charge in [-0.05, 0) is 59.0 Å². The molecule has 0 saturated heterocycles. The molecular formula is C25H20ClF3N4O3S. The van der Waals surface area contributed by atoms with Crippen molar-refractivity contribution in [3.63, 3.8) is 0 Å². The summed E-state index contributed by atoms with van der Waals surface area (Å²) in [5.41, 5.74) is 2.02. The lowest BCUT2D eigenvalue weighted by molar-refractivity contribution is -0.0500. The molecule has 37 heavy (non-hydrogen) atoms. The van der Waals surface area contributed by atoms with E-state index >= 15 is 0 Å². The number of benzene rings is 3. The molecule has 0 fully saturated rings. The Labute approximate surface area is 216 Å². The van der Waals surface area contributed by atoms with E-state index in [4.69, 9.17) is 27.3 Å². The van der Waals surface area contributed by atoms with Gasteiger partial charge in [0.15, 0.2) is 11.5 Å². The van der Waals surface area contributed by atoms with E-state index in [0.29, 0.717) is 35.1 Å². The highest BCUT2D eigenvalue weighted by molar-refractivity contribution is 7.88. The van der Waals surface area contributed by atoms with Crippen molar-refractivity contribution in [1.29, 1.82) is 0 Å². The third-order valence-electron chi connectivity index (χ3n) is 6.12. The second-order valence-corrected chi connectivity index (χ2v) is 10.5. The van der Waals surface area contributed by atoms with Gasteiger partial charge in [0.2, 0.25) is 0 Å². The number of nitrogens with two attached hydrogens (primary N) is 1. The Morgan fingerprint density at radius 1 is 0.973 bits per heavy atom. The third kappa shape index (κ3) is 4.42. The second kappa shape index (κ2) is 9.07. The van der Waals surface area contributed by atoms with Crippen molar-refractivity contribution in [2.45, 2.75) is 17.5 Å². The van der Waals surface area contributed by atoms with Gasteiger partial charge in [0.25, 0.3) is 0 Å². The summed E-state index contributed by atoms with van der Waals surface area (Å²) in [7, 11) is -5.87. The summed E-state index contributed by atoms with van der Waals surface area (Å²) in [5, 5.41) is 0.555. The van der Waals surface area contributed by atoms with E-state index in [9.17, 15) is 21.6 Å². The van der Waals surface area contributed by atoms with Crippen molar-refractivity contribution < 1.29 is 25.8 Å². The zero-order valence-electron chi connectivity index (χ0n) is 19.1. The van der Waals surface area contributed by atoms with Crippen LogP contribution >= 0.6 is 11.6 Å². The molecule has 0 bridgehead atoms. The molecule has 2 N–H and O–H groups in total. The Morgan fingerprint density at radius 2 is 1.62 bits per heavy atom. The van der Waals surface area contributed by atoms with Gasteiger partial charge in [0.05, 0.1) is 0 Å². The van der Waals surface area contributed by atoms with Gasteiger partial charge in [-0.15, -0.1) is 0 Å². The van der Waals surface area contributed by atoms with Gasteiger partial charge in [0.1, 0.15) is 11.6 Å². The molecule has 7 nitrogen and oxygen atoms in total. The van der Waals surface area contributed by atoms with Crippen LogP contribution in [0.2, 0.25) is 5.02 Å². The first-order chi connectivity index (χ1) is 17.5. The largest absolute Gasteiger partial charge is 0.534 e. The summed E-state index contributed by atoms with van der Waals surface area (Å²) in [5.74, 6) is 0.181. The van der Waals surface area contributed by atoms with Gasteiger partial charge in [0, 0.05) is 18.1 Å². The molecule has 2 heterocycles. The fraction of sp³-hybridized carbons (Fsp3) is 0.200. The average molecular weight is 549 g/mol. The maximum absolute atomic E-state index is 13.0. The molecule has 12 heteroatoms. The normalized spacial score (nSPS) is 19.7. The van der Waals surface area contributed by atoms with Crippen LogP contribution in [0.4, 0.5) is 13.2 Å². The molecule has 1 unspecified atom stereocenters. The Bertz CT molecular complexity index is 1540. The Hall–Kier alpha value is -3.57. The number of guanidine groups is 1. The van der Waals surface area contributed by atoms with Crippen molar-refractivity contribution in [1.82, 2.24) is 4.90 Å². The predicted molar refractivity (Wildman–Crippen MR) is 135 cm³/mol. The number of hydrogen-bond acceptors (Lipinski definition) is 7. The Kier molecular flexibility index (Phi) is 6.15. The summed E-state index contributed by atoms with van der Waals surface area (Å²) < 4.78 is 66.7. The van der Waals surface area contributed by atoms with Crippen LogP contribution in [-0.2, 0) is 15.7 Å². The molecule has 2 aliphatic rings. The van der Waals surface area contributed by atoms with Crippen LogP contribution in [0, 0.1) is 0 Å². The van der Waals surface area contributed by atoms with Crippen molar-refractivity contribution >= 4 is 33.5 Å². The minimum Gasteiger partial charge on any atom is -0.376 e. The lowest BCUT2D eigenvalue weighted by Gasteiger charge is -2.33. The molecule has 0 saturated carbocycles. The van der Waals surface area contributed by atoms with Crippen molar-refractivity contribution in [2.75, 3.05) is 13.1 Å². The number of fused-ring (bicyclic) bond motifs is 1. The zero-order chi connectivity index (χ0) is 26.4. The van der Waals surface area contributed by atoms with Gasteiger partial charge in [-0.25, -0.2) is 4.99 Å². The zero-order valence-corrected chi connectivity index (χ0v) is 20.7. The SMILES string of the molecule is NC1=NC(c2cccc(OS(=O)(=O)C(F)(F)F)c2)(c2cccc(-c3cccc(Cl)c3)c2)C2=NCCCN12. The minimum absolute atomic E-state index is 0.195. The Balaban J connectivity index is 1.70. The van der Waals surface area contributed by atoms with E-state index in [-0.39, 0.29) is 5.96 Å². The first kappa shape index (κ1) is 25.1. The molecule has 1 atom stereocenters. The molecule has 0 amide bonds. The van der Waals surface area contributed by atoms with Crippen LogP contribution in [0.25, 0.3) is 11.1 Å². The minimum atomic E-state index is -5.87. The lowest BCUT2D eigenvalue weighted by atomic mass is 9.81. The standard InChI is InChI=1S/C25H20ClF3N4O3S/c26-20-9-2-6-17(14-20)16-5-1-7-18(13-16)24(22-31-11-4-12-33(22)23(30)32-24)19-8-3-10-21(15-19)36-37(34,35)25(27,28)29/h1-3,5-10,13-15H,4,11-12H2,(H2,30,32). The molecule has 2 aliphatic heterocycles. The highest BCUT2D eigenvalue weighted by Crippen LogP contribution is 2.43. The summed E-state index contributed by atoms with van der Waals surface area (Å²) in [6.45, 7) is 1.06. The van der Waals surface area contributed by atoms with E-state index in [1.807, 2.05) is 36.4 Å². The maximum Gasteiger partial charge on any atom is 0.534 e. The van der Waals surface area contributed by atoms with Crippen LogP contribution in [0.15, 0.2) is 82.8 Å². The molecular weight excluding hydrogens is 529 g/mol. The number of rotatable bonds is 5. The number of nitrogens with zero attached hydrogens (tertiary/aromatic N) is 3. The summed E-state index contributed by atoms with van der Waals surface area (Å²) in [4.78, 5) is 11.2. The second-order valence-electron chi connectivity index (χ2n) is 8.49. The quantitative estimate of drug-likeness (QED) is 0.361. The van der Waals surface area contributed by atoms with Gasteiger partial charge in [-0.1, -0.05) is 54.1 Å². The molecule has 0 spiro atoms. The molecule has 192 valence electrons. The molecule has 5 rings (SSSR count). The van der Waals surface area contributed by atoms with Gasteiger partial charge < -0.3 is 9.92 Å². The van der Waals surface area contributed by atoms with Gasteiger partial charge in [-0.3, -0.25) is 9.89 Å². The average Bonchev–Trinajstić information content (AvgIpc) is 3.17. The number of hydrogen-bond donors (Lipinski definition) is 1. The van der Waals surface area contributed by atoms with Crippen LogP contribution in [0.3, 0.4) is 0 Å². The third-order valence-corrected chi connectivity index (χ3v) is 7.33. The number of halogens is 4. The number of aliphatic imine (C=N–C) groups is 2. The molecule has 0 radical (unpaired) electrons. The van der Waals surface area contributed by atoms with Crippen molar-refractivity contribution in [2.24, 2.45) is 15.7 Å². The van der Waals surface area contributed by atoms with E-state index in [0.717, 1.165) is 23.6 Å². The molecule has 0 aromatic heterocycles. The summed E-state index contributed by atoms with van der Waals surface area (Å²) in [6, 6.07) is 20.0. The topological polar surface area (TPSA) is 97.3 Å². The highest BCUT2D eigenvalue weighted by Gasteiger charge is 2.51. The van der Waals surface area contributed by atoms with E-state index in [1.54, 1.807) is 23.1 Å². The fourth-order valence-corrected chi connectivity index (χ4v) is 5.15. The van der Waals surface area contributed by atoms with Crippen LogP contribution < -0.4 is 9.92 Å². The first-order valence-electron chi connectivity index (χ1n) is 11.2. The summed E-state index contributed by atoms with van der Waals surface area (Å²) >= 11 is 6.19. The number of alkyl halides is 3. The molecule has 3 aromatic rings. The van der Waals surface area contributed by atoms with Crippen molar-refractivity contribution in [3.05, 3.63) is 88.9 Å². The van der Waals surface area contributed by atoms with Crippen LogP contribution in [0.5, 0.6) is 5.75 Å². The Morgan fingerprint density at radius 3 is 2.32 bits per heavy atom. The molecule has 3 aromatic carbocycles. The molecule has 0 aliphatic carbocycles. The predicted octanol–water partition coefficient (Wildman–Crippen LogP) is 4.91. The van der Waals surface area contributed by atoms with E-state index in [1.165, 1.54) is 12.1 Å². The number of amidine groups is 1. The first-order valence-corrected chi connectivity index (χ1v) is 13.0.